The molecule has 1 N–H and O–H groups in total. The predicted molar refractivity (Wildman–Crippen MR) is 52.5 cm³/mol. The molecular formula is C11H20FN. The molecule has 2 saturated carbocycles. The highest BCUT2D eigenvalue weighted by Crippen LogP contribution is 2.32. The number of alkyl halides is 1. The lowest BCUT2D eigenvalue weighted by Gasteiger charge is -2.37. The number of nitrogens with one attached hydrogen (secondary N) is 1. The van der Waals surface area contributed by atoms with E-state index >= 15 is 0 Å². The third-order valence-electron chi connectivity index (χ3n) is 3.65. The second kappa shape index (κ2) is 3.95. The molecule has 76 valence electrons. The monoisotopic (exact) mass is 185 g/mol. The maximum atomic E-state index is 12.8. The van der Waals surface area contributed by atoms with Crippen LogP contribution in [0.5, 0.6) is 0 Å². The highest BCUT2D eigenvalue weighted by Gasteiger charge is 2.32. The Bertz CT molecular complexity index is 165. The lowest BCUT2D eigenvalue weighted by molar-refractivity contribution is 0.198. The zero-order chi connectivity index (χ0) is 9.26. The van der Waals surface area contributed by atoms with Crippen LogP contribution in [0.4, 0.5) is 4.39 Å². The minimum absolute atomic E-state index is 0.484. The zero-order valence-electron chi connectivity index (χ0n) is 8.43. The Labute approximate surface area is 80.1 Å². The first-order valence-electron chi connectivity index (χ1n) is 5.68. The van der Waals surface area contributed by atoms with E-state index in [1.165, 1.54) is 19.3 Å². The Morgan fingerprint density at radius 2 is 1.92 bits per heavy atom. The summed E-state index contributed by atoms with van der Waals surface area (Å²) in [5.41, 5.74) is 0. The zero-order valence-corrected chi connectivity index (χ0v) is 8.43. The smallest absolute Gasteiger partial charge is 0.102 e. The molecule has 13 heavy (non-hydrogen) atoms. The summed E-state index contributed by atoms with van der Waals surface area (Å²) in [5.74, 6) is 0.945. The predicted octanol–water partition coefficient (Wildman–Crippen LogP) is 2.66. The van der Waals surface area contributed by atoms with Crippen LogP contribution in [-0.2, 0) is 0 Å². The summed E-state index contributed by atoms with van der Waals surface area (Å²) in [7, 11) is 0. The summed E-state index contributed by atoms with van der Waals surface area (Å²) in [6.07, 6.45) is 6.02. The van der Waals surface area contributed by atoms with E-state index in [0.717, 1.165) is 25.2 Å². The topological polar surface area (TPSA) is 12.0 Å². The summed E-state index contributed by atoms with van der Waals surface area (Å²) in [6.45, 7) is 2.26. The first kappa shape index (κ1) is 9.45. The third kappa shape index (κ3) is 2.22. The molecule has 2 unspecified atom stereocenters. The van der Waals surface area contributed by atoms with E-state index < -0.39 is 6.17 Å². The van der Waals surface area contributed by atoms with Crippen LogP contribution in [0.1, 0.15) is 45.4 Å². The van der Waals surface area contributed by atoms with E-state index in [2.05, 4.69) is 12.2 Å². The van der Waals surface area contributed by atoms with Gasteiger partial charge >= 0.3 is 0 Å². The van der Waals surface area contributed by atoms with Crippen molar-refractivity contribution in [2.45, 2.75) is 63.7 Å². The molecule has 2 rings (SSSR count). The molecule has 0 aliphatic heterocycles. The molecule has 2 heteroatoms. The first-order chi connectivity index (χ1) is 6.28. The minimum Gasteiger partial charge on any atom is -0.311 e. The number of rotatable bonds is 3. The normalized spacial score (nSPS) is 44.8. The number of halogens is 1. The third-order valence-corrected chi connectivity index (χ3v) is 3.65. The summed E-state index contributed by atoms with van der Waals surface area (Å²) < 4.78 is 12.8. The van der Waals surface area contributed by atoms with Gasteiger partial charge in [-0.3, -0.25) is 0 Å². The van der Waals surface area contributed by atoms with Crippen molar-refractivity contribution < 1.29 is 4.39 Å². The van der Waals surface area contributed by atoms with Gasteiger partial charge in [0, 0.05) is 12.1 Å². The van der Waals surface area contributed by atoms with E-state index in [9.17, 15) is 4.39 Å². The van der Waals surface area contributed by atoms with Gasteiger partial charge in [0.1, 0.15) is 6.17 Å². The van der Waals surface area contributed by atoms with E-state index in [0.29, 0.717) is 12.1 Å². The van der Waals surface area contributed by atoms with Crippen LogP contribution in [-0.4, -0.2) is 18.3 Å². The molecule has 0 bridgehead atoms. The standard InChI is InChI=1S/C11H20FN/c1-2-8-5-11(6-8)13-10-4-3-9(12)7-10/h8-11,13H,2-7H2,1H3. The molecule has 0 saturated heterocycles. The fourth-order valence-electron chi connectivity index (χ4n) is 2.62. The summed E-state index contributed by atoms with van der Waals surface area (Å²) in [5, 5.41) is 3.57. The molecule has 0 aromatic heterocycles. The number of hydrogen-bond acceptors (Lipinski definition) is 1. The van der Waals surface area contributed by atoms with E-state index in [4.69, 9.17) is 0 Å². The second-order valence-corrected chi connectivity index (χ2v) is 4.72. The summed E-state index contributed by atoms with van der Waals surface area (Å²) in [4.78, 5) is 0. The van der Waals surface area contributed by atoms with Crippen LogP contribution < -0.4 is 5.32 Å². The highest BCUT2D eigenvalue weighted by molar-refractivity contribution is 4.89. The van der Waals surface area contributed by atoms with E-state index in [1.807, 2.05) is 0 Å². The van der Waals surface area contributed by atoms with Crippen molar-refractivity contribution >= 4 is 0 Å². The van der Waals surface area contributed by atoms with E-state index in [-0.39, 0.29) is 0 Å². The van der Waals surface area contributed by atoms with Gasteiger partial charge in [-0.2, -0.15) is 0 Å². The molecule has 0 aromatic rings. The average Bonchev–Trinajstić information content (AvgIpc) is 2.43. The molecule has 2 aliphatic carbocycles. The largest absolute Gasteiger partial charge is 0.311 e. The SMILES string of the molecule is CCC1CC(NC2CCC(F)C2)C1. The van der Waals surface area contributed by atoms with Gasteiger partial charge in [-0.05, 0) is 38.0 Å². The van der Waals surface area contributed by atoms with Gasteiger partial charge in [0.25, 0.3) is 0 Å². The molecule has 0 spiro atoms. The van der Waals surface area contributed by atoms with Crippen molar-refractivity contribution in [1.29, 1.82) is 0 Å². The van der Waals surface area contributed by atoms with Gasteiger partial charge in [0.15, 0.2) is 0 Å². The molecule has 2 atom stereocenters. The van der Waals surface area contributed by atoms with Crippen LogP contribution >= 0.6 is 0 Å². The maximum Gasteiger partial charge on any atom is 0.102 e. The molecular weight excluding hydrogens is 165 g/mol. The number of hydrogen-bond donors (Lipinski definition) is 1. The van der Waals surface area contributed by atoms with Crippen molar-refractivity contribution in [2.24, 2.45) is 5.92 Å². The van der Waals surface area contributed by atoms with Crippen LogP contribution in [0.2, 0.25) is 0 Å². The van der Waals surface area contributed by atoms with Gasteiger partial charge in [0.2, 0.25) is 0 Å². The quantitative estimate of drug-likeness (QED) is 0.712. The van der Waals surface area contributed by atoms with Gasteiger partial charge in [-0.15, -0.1) is 0 Å². The van der Waals surface area contributed by atoms with Gasteiger partial charge in [-0.25, -0.2) is 4.39 Å². The Morgan fingerprint density at radius 1 is 1.15 bits per heavy atom. The van der Waals surface area contributed by atoms with Crippen LogP contribution in [0, 0.1) is 5.92 Å². The van der Waals surface area contributed by atoms with Crippen molar-refractivity contribution in [3.05, 3.63) is 0 Å². The highest BCUT2D eigenvalue weighted by atomic mass is 19.1. The minimum atomic E-state index is -0.528. The molecule has 2 fully saturated rings. The summed E-state index contributed by atoms with van der Waals surface area (Å²) in [6, 6.07) is 1.19. The fraction of sp³-hybridized carbons (Fsp3) is 1.00. The Kier molecular flexibility index (Phi) is 2.87. The molecule has 1 nitrogen and oxygen atoms in total. The fourth-order valence-corrected chi connectivity index (χ4v) is 2.62. The summed E-state index contributed by atoms with van der Waals surface area (Å²) >= 11 is 0. The second-order valence-electron chi connectivity index (χ2n) is 4.72. The van der Waals surface area contributed by atoms with Crippen molar-refractivity contribution in [1.82, 2.24) is 5.32 Å². The van der Waals surface area contributed by atoms with Crippen molar-refractivity contribution in [3.63, 3.8) is 0 Å². The van der Waals surface area contributed by atoms with Crippen LogP contribution in [0.3, 0.4) is 0 Å². The Hall–Kier alpha value is -0.110. The molecule has 0 aromatic carbocycles. The van der Waals surface area contributed by atoms with E-state index in [1.54, 1.807) is 0 Å². The Balaban J connectivity index is 1.64. The first-order valence-corrected chi connectivity index (χ1v) is 5.68. The van der Waals surface area contributed by atoms with Crippen molar-refractivity contribution in [2.75, 3.05) is 0 Å². The molecule has 0 heterocycles. The molecule has 0 amide bonds. The van der Waals surface area contributed by atoms with Crippen molar-refractivity contribution in [3.8, 4) is 0 Å². The maximum absolute atomic E-state index is 12.8. The van der Waals surface area contributed by atoms with Gasteiger partial charge < -0.3 is 5.32 Å². The van der Waals surface area contributed by atoms with Crippen LogP contribution in [0.15, 0.2) is 0 Å². The van der Waals surface area contributed by atoms with Gasteiger partial charge in [-0.1, -0.05) is 13.3 Å². The molecule has 0 radical (unpaired) electrons. The van der Waals surface area contributed by atoms with Crippen LogP contribution in [0.25, 0.3) is 0 Å². The lowest BCUT2D eigenvalue weighted by Crippen LogP contribution is -2.45. The Morgan fingerprint density at radius 3 is 2.46 bits per heavy atom. The lowest BCUT2D eigenvalue weighted by atomic mass is 9.78. The van der Waals surface area contributed by atoms with Gasteiger partial charge in [0.05, 0.1) is 0 Å². The average molecular weight is 185 g/mol. The molecule has 2 aliphatic rings.